The van der Waals surface area contributed by atoms with Crippen LogP contribution in [0.1, 0.15) is 23.4 Å². The molecule has 0 saturated heterocycles. The van der Waals surface area contributed by atoms with Gasteiger partial charge in [0.1, 0.15) is 21.5 Å². The molecule has 0 aliphatic rings. The number of aromatic amines is 2. The van der Waals surface area contributed by atoms with Crippen LogP contribution in [0.15, 0.2) is 80.2 Å². The molecule has 0 amide bonds. The SMILES string of the molecule is Cn1c(=O)c2[nH]c(CSCc3ccccc3)nc2n(C)c1=O.Cn1c(=S)c2[nH]c(SCCCc3ccccc3)nc2n(C)c1=O. The normalized spacial score (nSPS) is 11.2. The first kappa shape index (κ1) is 32.3. The maximum Gasteiger partial charge on any atom is 0.332 e. The Balaban J connectivity index is 0.000000178. The van der Waals surface area contributed by atoms with Gasteiger partial charge in [-0.25, -0.2) is 19.6 Å². The summed E-state index contributed by atoms with van der Waals surface area (Å²) in [6.07, 6.45) is 2.12. The fourth-order valence-corrected chi connectivity index (χ4v) is 6.63. The van der Waals surface area contributed by atoms with Crippen molar-refractivity contribution < 1.29 is 0 Å². The Morgan fingerprint density at radius 3 is 1.98 bits per heavy atom. The van der Waals surface area contributed by atoms with Crippen LogP contribution in [-0.4, -0.2) is 44.0 Å². The van der Waals surface area contributed by atoms with E-state index in [0.717, 1.165) is 39.6 Å². The van der Waals surface area contributed by atoms with E-state index in [1.807, 2.05) is 24.3 Å². The van der Waals surface area contributed by atoms with Gasteiger partial charge >= 0.3 is 11.4 Å². The number of thioether (sulfide) groups is 2. The summed E-state index contributed by atoms with van der Waals surface area (Å²) in [5.74, 6) is 3.19. The van der Waals surface area contributed by atoms with Gasteiger partial charge < -0.3 is 9.97 Å². The molecule has 4 aromatic heterocycles. The highest BCUT2D eigenvalue weighted by Gasteiger charge is 2.14. The van der Waals surface area contributed by atoms with Crippen LogP contribution in [0.25, 0.3) is 22.3 Å². The molecule has 11 nitrogen and oxygen atoms in total. The molecule has 2 N–H and O–H groups in total. The third kappa shape index (κ3) is 7.24. The molecule has 6 aromatic rings. The molecule has 0 bridgehead atoms. The third-order valence-electron chi connectivity index (χ3n) is 7.26. The summed E-state index contributed by atoms with van der Waals surface area (Å²) in [5.41, 5.74) is 3.86. The van der Waals surface area contributed by atoms with Gasteiger partial charge in [0, 0.05) is 39.7 Å². The van der Waals surface area contributed by atoms with Crippen molar-refractivity contribution >= 4 is 58.1 Å². The Morgan fingerprint density at radius 1 is 0.711 bits per heavy atom. The number of hydrogen-bond acceptors (Lipinski definition) is 8. The number of imidazole rings is 2. The van der Waals surface area contributed by atoms with E-state index < -0.39 is 0 Å². The molecule has 0 unspecified atom stereocenters. The summed E-state index contributed by atoms with van der Waals surface area (Å²) >= 11 is 8.69. The Kier molecular flexibility index (Phi) is 10.3. The van der Waals surface area contributed by atoms with E-state index in [4.69, 9.17) is 12.2 Å². The molecule has 14 heteroatoms. The van der Waals surface area contributed by atoms with E-state index in [2.05, 4.69) is 56.3 Å². The monoisotopic (exact) mass is 662 g/mol. The van der Waals surface area contributed by atoms with Crippen molar-refractivity contribution in [2.45, 2.75) is 29.5 Å². The van der Waals surface area contributed by atoms with Crippen LogP contribution in [0.2, 0.25) is 0 Å². The van der Waals surface area contributed by atoms with Gasteiger partial charge in [0.2, 0.25) is 0 Å². The van der Waals surface area contributed by atoms with E-state index in [-0.39, 0.29) is 16.9 Å². The second kappa shape index (κ2) is 14.3. The van der Waals surface area contributed by atoms with Crippen LogP contribution in [0.4, 0.5) is 0 Å². The van der Waals surface area contributed by atoms with E-state index in [1.165, 1.54) is 31.9 Å². The number of hydrogen-bond donors (Lipinski definition) is 2. The van der Waals surface area contributed by atoms with E-state index >= 15 is 0 Å². The van der Waals surface area contributed by atoms with Crippen molar-refractivity contribution in [1.82, 2.24) is 38.2 Å². The third-order valence-corrected chi connectivity index (χ3v) is 9.71. The number of nitrogens with one attached hydrogen (secondary N) is 2. The van der Waals surface area contributed by atoms with Gasteiger partial charge in [-0.05, 0) is 24.0 Å². The Bertz CT molecular complexity index is 2180. The zero-order chi connectivity index (χ0) is 32.1. The first-order valence-corrected chi connectivity index (χ1v) is 16.8. The van der Waals surface area contributed by atoms with Gasteiger partial charge in [0.15, 0.2) is 16.5 Å². The predicted molar refractivity (Wildman–Crippen MR) is 185 cm³/mol. The lowest BCUT2D eigenvalue weighted by Crippen LogP contribution is -2.36. The molecule has 0 atom stereocenters. The zero-order valence-corrected chi connectivity index (χ0v) is 27.9. The highest BCUT2D eigenvalue weighted by atomic mass is 32.2. The molecule has 0 spiro atoms. The molecule has 6 rings (SSSR count). The number of benzene rings is 2. The van der Waals surface area contributed by atoms with E-state index in [1.54, 1.807) is 44.7 Å². The van der Waals surface area contributed by atoms with Crippen molar-refractivity contribution in [3.8, 4) is 0 Å². The van der Waals surface area contributed by atoms with Gasteiger partial charge in [0.05, 0.1) is 5.75 Å². The van der Waals surface area contributed by atoms with Crippen LogP contribution >= 0.6 is 35.7 Å². The molecular formula is C31H34N8O3S3. The summed E-state index contributed by atoms with van der Waals surface area (Å²) < 4.78 is 5.95. The van der Waals surface area contributed by atoms with Gasteiger partial charge in [-0.3, -0.25) is 23.1 Å². The summed E-state index contributed by atoms with van der Waals surface area (Å²) in [6.45, 7) is 0. The van der Waals surface area contributed by atoms with Gasteiger partial charge in [-0.1, -0.05) is 84.6 Å². The first-order valence-electron chi connectivity index (χ1n) is 14.2. The quantitative estimate of drug-likeness (QED) is 0.132. The largest absolute Gasteiger partial charge is 0.335 e. The molecule has 4 heterocycles. The van der Waals surface area contributed by atoms with Crippen molar-refractivity contribution in [3.05, 3.63) is 114 Å². The van der Waals surface area contributed by atoms with Crippen molar-refractivity contribution in [2.75, 3.05) is 5.75 Å². The fourth-order valence-electron chi connectivity index (χ4n) is 4.75. The van der Waals surface area contributed by atoms with Gasteiger partial charge in [0.25, 0.3) is 5.56 Å². The number of rotatable bonds is 9. The topological polar surface area (TPSA) is 128 Å². The van der Waals surface area contributed by atoms with Crippen molar-refractivity contribution in [2.24, 2.45) is 28.2 Å². The average molecular weight is 663 g/mol. The molecular weight excluding hydrogens is 629 g/mol. The van der Waals surface area contributed by atoms with Crippen LogP contribution in [0, 0.1) is 4.64 Å². The lowest BCUT2D eigenvalue weighted by atomic mass is 10.1. The maximum atomic E-state index is 12.1. The van der Waals surface area contributed by atoms with Crippen LogP contribution in [0.5, 0.6) is 0 Å². The molecule has 45 heavy (non-hydrogen) atoms. The van der Waals surface area contributed by atoms with Crippen LogP contribution in [-0.2, 0) is 46.1 Å². The fraction of sp³-hybridized carbons (Fsp3) is 0.290. The van der Waals surface area contributed by atoms with Gasteiger partial charge in [-0.2, -0.15) is 0 Å². The molecule has 0 fully saturated rings. The minimum absolute atomic E-state index is 0.158. The Morgan fingerprint density at radius 2 is 1.31 bits per heavy atom. The summed E-state index contributed by atoms with van der Waals surface area (Å²) in [6, 6.07) is 20.6. The molecule has 0 radical (unpaired) electrons. The highest BCUT2D eigenvalue weighted by molar-refractivity contribution is 7.99. The first-order chi connectivity index (χ1) is 21.7. The molecule has 2 aromatic carbocycles. The number of aromatic nitrogens is 8. The van der Waals surface area contributed by atoms with Crippen molar-refractivity contribution in [3.63, 3.8) is 0 Å². The highest BCUT2D eigenvalue weighted by Crippen LogP contribution is 2.21. The lowest BCUT2D eigenvalue weighted by Gasteiger charge is -2.02. The number of H-pyrrole nitrogens is 2. The average Bonchev–Trinajstić information content (AvgIpc) is 3.69. The Labute approximate surface area is 272 Å². The second-order valence-corrected chi connectivity index (χ2v) is 12.9. The number of nitrogens with zero attached hydrogens (tertiary/aromatic N) is 6. The minimum Gasteiger partial charge on any atom is -0.335 e. The number of aryl methyl sites for hydroxylation is 3. The summed E-state index contributed by atoms with van der Waals surface area (Å²) in [7, 11) is 6.47. The van der Waals surface area contributed by atoms with E-state index in [9.17, 15) is 14.4 Å². The number of fused-ring (bicyclic) bond motifs is 2. The Hall–Kier alpha value is -4.14. The lowest BCUT2D eigenvalue weighted by molar-refractivity contribution is 0.708. The van der Waals surface area contributed by atoms with Crippen LogP contribution < -0.4 is 16.9 Å². The molecule has 234 valence electrons. The predicted octanol–water partition coefficient (Wildman–Crippen LogP) is 4.45. The van der Waals surface area contributed by atoms with Crippen molar-refractivity contribution in [1.29, 1.82) is 0 Å². The summed E-state index contributed by atoms with van der Waals surface area (Å²) in [4.78, 5) is 51.2. The smallest absolute Gasteiger partial charge is 0.332 e. The van der Waals surface area contributed by atoms with Crippen LogP contribution in [0.3, 0.4) is 0 Å². The second-order valence-electron chi connectivity index (χ2n) is 10.5. The zero-order valence-electron chi connectivity index (χ0n) is 25.4. The van der Waals surface area contributed by atoms with E-state index in [0.29, 0.717) is 33.0 Å². The summed E-state index contributed by atoms with van der Waals surface area (Å²) in [5, 5.41) is 0.806. The van der Waals surface area contributed by atoms with Gasteiger partial charge in [-0.15, -0.1) is 11.8 Å². The minimum atomic E-state index is -0.368. The molecule has 0 saturated carbocycles. The standard InChI is InChI=1S/C16H18N4OS2.C15H16N4O2S/c1-19-13-12(14(22)20(2)16(19)21)17-15(18-13)23-10-6-9-11-7-4-3-5-8-11;1-18-13-12(14(20)19(2)15(18)21)16-11(17-13)9-22-8-10-6-4-3-5-7-10/h3-5,7-8H,6,9-10H2,1-2H3,(H,17,18);3-7H,8-9H2,1-2H3,(H,16,17). The maximum absolute atomic E-state index is 12.1. The molecule has 0 aliphatic heterocycles. The molecule has 0 aliphatic carbocycles.